The largest absolute Gasteiger partial charge is 0.490 e. The summed E-state index contributed by atoms with van der Waals surface area (Å²) in [5.41, 5.74) is 1.33. The van der Waals surface area contributed by atoms with Crippen LogP contribution in [0.4, 0.5) is 0 Å². The second-order valence-electron chi connectivity index (χ2n) is 5.55. The minimum absolute atomic E-state index is 0.0727. The minimum atomic E-state index is 0.0727. The van der Waals surface area contributed by atoms with Crippen molar-refractivity contribution in [3.8, 4) is 0 Å². The maximum atomic E-state index is 11.0. The molecule has 1 fully saturated rings. The Morgan fingerprint density at radius 2 is 2.06 bits per heavy atom. The van der Waals surface area contributed by atoms with Crippen LogP contribution in [0.2, 0.25) is 0 Å². The van der Waals surface area contributed by atoms with Crippen LogP contribution in [0.25, 0.3) is 0 Å². The second kappa shape index (κ2) is 4.67. The number of hydrogen-bond donors (Lipinski definition) is 0. The Bertz CT molecular complexity index is 378. The summed E-state index contributed by atoms with van der Waals surface area (Å²) >= 11 is 0. The van der Waals surface area contributed by atoms with Crippen LogP contribution in [0.5, 0.6) is 0 Å². The summed E-state index contributed by atoms with van der Waals surface area (Å²) in [5.74, 6) is 3.06. The van der Waals surface area contributed by atoms with Crippen LogP contribution in [0, 0.1) is 17.8 Å². The van der Waals surface area contributed by atoms with Gasteiger partial charge in [-0.2, -0.15) is 0 Å². The SMILES string of the molecule is CC(=O)C=CC1=C(C)C2CCC(C)C2C(C)O1. The van der Waals surface area contributed by atoms with Gasteiger partial charge in [-0.15, -0.1) is 0 Å². The molecule has 0 aromatic carbocycles. The third kappa shape index (κ3) is 2.31. The molecule has 0 aromatic heterocycles. The lowest BCUT2D eigenvalue weighted by Crippen LogP contribution is -2.33. The standard InChI is InChI=1S/C15H22O2/c1-9-5-7-13-11(3)14(8-6-10(2)16)17-12(4)15(9)13/h6,8-9,12-13,15H,5,7H2,1-4H3. The van der Waals surface area contributed by atoms with Crippen LogP contribution < -0.4 is 0 Å². The number of carbonyl (C=O) groups excluding carboxylic acids is 1. The van der Waals surface area contributed by atoms with Crippen molar-refractivity contribution in [1.29, 1.82) is 0 Å². The van der Waals surface area contributed by atoms with Gasteiger partial charge in [0.25, 0.3) is 0 Å². The van der Waals surface area contributed by atoms with Crippen LogP contribution in [0.3, 0.4) is 0 Å². The third-order valence-electron chi connectivity index (χ3n) is 4.32. The number of ether oxygens (including phenoxy) is 1. The zero-order chi connectivity index (χ0) is 12.6. The predicted octanol–water partition coefficient (Wildman–Crippen LogP) is 3.49. The summed E-state index contributed by atoms with van der Waals surface area (Å²) in [4.78, 5) is 11.0. The Morgan fingerprint density at radius 1 is 1.35 bits per heavy atom. The second-order valence-corrected chi connectivity index (χ2v) is 5.55. The van der Waals surface area contributed by atoms with E-state index in [9.17, 15) is 4.79 Å². The van der Waals surface area contributed by atoms with Gasteiger partial charge in [0.15, 0.2) is 5.78 Å². The first-order valence-electron chi connectivity index (χ1n) is 6.56. The van der Waals surface area contributed by atoms with Gasteiger partial charge >= 0.3 is 0 Å². The molecule has 0 amide bonds. The molecule has 17 heavy (non-hydrogen) atoms. The number of fused-ring (bicyclic) bond motifs is 1. The highest BCUT2D eigenvalue weighted by molar-refractivity contribution is 5.87. The van der Waals surface area contributed by atoms with E-state index in [0.717, 1.165) is 11.7 Å². The van der Waals surface area contributed by atoms with E-state index < -0.39 is 0 Å². The normalized spacial score (nSPS) is 37.2. The zero-order valence-electron chi connectivity index (χ0n) is 11.2. The van der Waals surface area contributed by atoms with Gasteiger partial charge in [-0.3, -0.25) is 4.79 Å². The molecule has 1 heterocycles. The molecule has 0 radical (unpaired) electrons. The fourth-order valence-corrected chi connectivity index (χ4v) is 3.44. The van der Waals surface area contributed by atoms with Gasteiger partial charge < -0.3 is 4.74 Å². The van der Waals surface area contributed by atoms with Crippen molar-refractivity contribution in [2.24, 2.45) is 17.8 Å². The summed E-state index contributed by atoms with van der Waals surface area (Å²) < 4.78 is 5.97. The number of allylic oxidation sites excluding steroid dienone is 3. The molecule has 0 spiro atoms. The molecule has 94 valence electrons. The van der Waals surface area contributed by atoms with E-state index in [1.807, 2.05) is 6.08 Å². The van der Waals surface area contributed by atoms with E-state index in [1.54, 1.807) is 13.0 Å². The lowest BCUT2D eigenvalue weighted by Gasteiger charge is -2.36. The van der Waals surface area contributed by atoms with Crippen molar-refractivity contribution in [3.05, 3.63) is 23.5 Å². The van der Waals surface area contributed by atoms with Gasteiger partial charge in [0.05, 0.1) is 6.10 Å². The number of rotatable bonds is 2. The van der Waals surface area contributed by atoms with Crippen LogP contribution in [0.1, 0.15) is 40.5 Å². The Morgan fingerprint density at radius 3 is 2.71 bits per heavy atom. The number of carbonyl (C=O) groups is 1. The Balaban J connectivity index is 2.26. The summed E-state index contributed by atoms with van der Waals surface area (Å²) in [6, 6.07) is 0. The number of ketones is 1. The van der Waals surface area contributed by atoms with E-state index in [2.05, 4.69) is 20.8 Å². The van der Waals surface area contributed by atoms with Crippen molar-refractivity contribution in [2.45, 2.75) is 46.6 Å². The molecule has 2 rings (SSSR count). The van der Waals surface area contributed by atoms with E-state index in [-0.39, 0.29) is 11.9 Å². The monoisotopic (exact) mass is 234 g/mol. The average Bonchev–Trinajstić information content (AvgIpc) is 2.64. The fourth-order valence-electron chi connectivity index (χ4n) is 3.44. The Kier molecular flexibility index (Phi) is 3.41. The third-order valence-corrected chi connectivity index (χ3v) is 4.32. The molecule has 0 bridgehead atoms. The van der Waals surface area contributed by atoms with E-state index in [4.69, 9.17) is 4.74 Å². The van der Waals surface area contributed by atoms with E-state index >= 15 is 0 Å². The molecule has 0 aromatic rings. The van der Waals surface area contributed by atoms with Crippen LogP contribution in [0.15, 0.2) is 23.5 Å². The molecular weight excluding hydrogens is 212 g/mol. The van der Waals surface area contributed by atoms with Crippen LogP contribution in [-0.4, -0.2) is 11.9 Å². The molecular formula is C15H22O2. The molecule has 0 saturated heterocycles. The molecule has 1 aliphatic carbocycles. The lowest BCUT2D eigenvalue weighted by molar-refractivity contribution is -0.112. The van der Waals surface area contributed by atoms with Crippen molar-refractivity contribution in [1.82, 2.24) is 0 Å². The highest BCUT2D eigenvalue weighted by Crippen LogP contribution is 2.47. The maximum absolute atomic E-state index is 11.0. The first-order chi connectivity index (χ1) is 8.00. The van der Waals surface area contributed by atoms with E-state index in [0.29, 0.717) is 11.8 Å². The Labute approximate surface area is 104 Å². The first kappa shape index (κ1) is 12.4. The highest BCUT2D eigenvalue weighted by atomic mass is 16.5. The van der Waals surface area contributed by atoms with Gasteiger partial charge in [0.1, 0.15) is 5.76 Å². The maximum Gasteiger partial charge on any atom is 0.152 e. The molecule has 2 aliphatic rings. The summed E-state index contributed by atoms with van der Waals surface area (Å²) in [6.07, 6.45) is 6.28. The predicted molar refractivity (Wildman–Crippen MR) is 68.4 cm³/mol. The topological polar surface area (TPSA) is 26.3 Å². The molecule has 4 unspecified atom stereocenters. The fraction of sp³-hybridized carbons (Fsp3) is 0.667. The van der Waals surface area contributed by atoms with Crippen molar-refractivity contribution in [3.63, 3.8) is 0 Å². The summed E-state index contributed by atoms with van der Waals surface area (Å²) in [6.45, 7) is 8.21. The smallest absolute Gasteiger partial charge is 0.152 e. The van der Waals surface area contributed by atoms with Gasteiger partial charge in [0, 0.05) is 5.92 Å². The van der Waals surface area contributed by atoms with Gasteiger partial charge in [-0.1, -0.05) is 6.92 Å². The minimum Gasteiger partial charge on any atom is -0.490 e. The van der Waals surface area contributed by atoms with Gasteiger partial charge in [-0.05, 0) is 63.2 Å². The summed E-state index contributed by atoms with van der Waals surface area (Å²) in [5, 5.41) is 0. The molecule has 1 saturated carbocycles. The first-order valence-corrected chi connectivity index (χ1v) is 6.56. The quantitative estimate of drug-likeness (QED) is 0.684. The average molecular weight is 234 g/mol. The highest BCUT2D eigenvalue weighted by Gasteiger charge is 2.42. The van der Waals surface area contributed by atoms with Crippen LogP contribution in [-0.2, 0) is 9.53 Å². The Hall–Kier alpha value is -1.05. The molecule has 1 aliphatic heterocycles. The molecule has 2 heteroatoms. The number of hydrogen-bond acceptors (Lipinski definition) is 2. The lowest BCUT2D eigenvalue weighted by atomic mass is 9.80. The van der Waals surface area contributed by atoms with Crippen molar-refractivity contribution < 1.29 is 9.53 Å². The van der Waals surface area contributed by atoms with Crippen LogP contribution >= 0.6 is 0 Å². The molecule has 4 atom stereocenters. The van der Waals surface area contributed by atoms with Crippen molar-refractivity contribution >= 4 is 5.78 Å². The van der Waals surface area contributed by atoms with Gasteiger partial charge in [0.2, 0.25) is 0 Å². The van der Waals surface area contributed by atoms with E-state index in [1.165, 1.54) is 18.4 Å². The molecule has 2 nitrogen and oxygen atoms in total. The summed E-state index contributed by atoms with van der Waals surface area (Å²) in [7, 11) is 0. The van der Waals surface area contributed by atoms with Gasteiger partial charge in [-0.25, -0.2) is 0 Å². The molecule has 0 N–H and O–H groups in total. The van der Waals surface area contributed by atoms with Crippen molar-refractivity contribution in [2.75, 3.05) is 0 Å². The zero-order valence-corrected chi connectivity index (χ0v) is 11.2.